The van der Waals surface area contributed by atoms with Crippen LogP contribution in [0, 0.1) is 0 Å². The van der Waals surface area contributed by atoms with Gasteiger partial charge in [-0.15, -0.1) is 0 Å². The zero-order valence-corrected chi connectivity index (χ0v) is 27.7. The summed E-state index contributed by atoms with van der Waals surface area (Å²) < 4.78 is 9.10. The second kappa shape index (κ2) is 13.3. The van der Waals surface area contributed by atoms with Gasteiger partial charge in [-0.25, -0.2) is 10.8 Å². The molecule has 0 amide bonds. The number of nitrogens with two attached hydrogens (primary N) is 1. The second-order valence-electron chi connectivity index (χ2n) is 11.9. The number of halogens is 1. The molecule has 0 radical (unpaired) electrons. The van der Waals surface area contributed by atoms with Crippen LogP contribution in [0.3, 0.4) is 0 Å². The first-order valence-electron chi connectivity index (χ1n) is 14.5. The highest BCUT2D eigenvalue weighted by atomic mass is 79.9. The van der Waals surface area contributed by atoms with Crippen molar-refractivity contribution in [2.45, 2.75) is 38.0 Å². The van der Waals surface area contributed by atoms with E-state index in [1.54, 1.807) is 0 Å². The lowest BCUT2D eigenvalue weighted by molar-refractivity contribution is 0.0898. The van der Waals surface area contributed by atoms with Crippen LogP contribution in [0.4, 0.5) is 0 Å². The van der Waals surface area contributed by atoms with E-state index in [0.29, 0.717) is 6.73 Å². The fourth-order valence-corrected chi connectivity index (χ4v) is 6.57. The van der Waals surface area contributed by atoms with E-state index in [0.717, 1.165) is 56.0 Å². The monoisotopic (exact) mass is 650 g/mol. The summed E-state index contributed by atoms with van der Waals surface area (Å²) in [6.45, 7) is 12.4. The zero-order chi connectivity index (χ0) is 30.5. The minimum Gasteiger partial charge on any atom is -0.361 e. The van der Waals surface area contributed by atoms with Crippen molar-refractivity contribution in [2.75, 3.05) is 6.61 Å². The molecular weight excluding hydrogens is 612 g/mol. The van der Waals surface area contributed by atoms with E-state index in [1.807, 2.05) is 41.7 Å². The molecular formula is C36H39BrN4OSi. The van der Waals surface area contributed by atoms with Crippen LogP contribution in [0.2, 0.25) is 25.7 Å². The molecule has 0 bridgehead atoms. The fraction of sp³-hybridized carbons (Fsp3) is 0.194. The normalized spacial score (nSPS) is 12.4. The van der Waals surface area contributed by atoms with E-state index in [1.165, 1.54) is 0 Å². The lowest BCUT2D eigenvalue weighted by Gasteiger charge is -2.42. The number of hydrogen-bond acceptors (Lipinski definition) is 4. The van der Waals surface area contributed by atoms with Gasteiger partial charge in [0.05, 0.1) is 0 Å². The summed E-state index contributed by atoms with van der Waals surface area (Å²) in [6.07, 6.45) is 7.77. The molecule has 7 heteroatoms. The molecule has 0 aliphatic rings. The van der Waals surface area contributed by atoms with E-state index in [2.05, 4.69) is 132 Å². The second-order valence-corrected chi connectivity index (χ2v) is 18.4. The molecule has 43 heavy (non-hydrogen) atoms. The van der Waals surface area contributed by atoms with Crippen molar-refractivity contribution in [3.8, 4) is 0 Å². The third-order valence-corrected chi connectivity index (χ3v) is 9.82. The molecule has 2 aromatic heterocycles. The summed E-state index contributed by atoms with van der Waals surface area (Å²) in [7, 11) is -1.19. The van der Waals surface area contributed by atoms with Gasteiger partial charge < -0.3 is 9.30 Å². The van der Waals surface area contributed by atoms with Crippen LogP contribution in [0.1, 0.15) is 22.3 Å². The smallest absolute Gasteiger partial charge is 0.142 e. The third kappa shape index (κ3) is 6.60. The number of ether oxygens (including phenoxy) is 1. The van der Waals surface area contributed by atoms with Crippen LogP contribution in [0.25, 0.3) is 16.6 Å². The highest BCUT2D eigenvalue weighted by molar-refractivity contribution is 9.10. The summed E-state index contributed by atoms with van der Waals surface area (Å²) in [4.78, 5) is 4.75. The molecule has 5 nitrogen and oxygen atoms in total. The van der Waals surface area contributed by atoms with Gasteiger partial charge in [0.15, 0.2) is 0 Å². The Kier molecular flexibility index (Phi) is 9.47. The highest BCUT2D eigenvalue weighted by Crippen LogP contribution is 2.42. The number of hydrazine groups is 1. The van der Waals surface area contributed by atoms with Crippen LogP contribution >= 0.6 is 15.9 Å². The number of pyridine rings is 1. The number of hydrogen-bond donors (Lipinski definition) is 1. The number of fused-ring (bicyclic) bond motifs is 1. The zero-order valence-electron chi connectivity index (χ0n) is 25.1. The SMILES string of the molecule is C=C/C(=C\N(N)C(c1ccccc1)(c1ccccc1)c1ccccc1)c1cn(COCC[Si](C)(C)C)c2ncc(Br)cc12. The van der Waals surface area contributed by atoms with Crippen molar-refractivity contribution in [3.63, 3.8) is 0 Å². The molecule has 0 saturated heterocycles. The molecule has 3 aromatic carbocycles. The first-order valence-corrected chi connectivity index (χ1v) is 19.0. The van der Waals surface area contributed by atoms with Crippen LogP contribution in [-0.2, 0) is 17.0 Å². The fourth-order valence-electron chi connectivity index (χ4n) is 5.48. The molecule has 0 atom stereocenters. The van der Waals surface area contributed by atoms with E-state index in [4.69, 9.17) is 15.6 Å². The number of rotatable bonds is 12. The lowest BCUT2D eigenvalue weighted by Crippen LogP contribution is -2.49. The minimum absolute atomic E-state index is 0.425. The molecule has 5 rings (SSSR count). The first kappa shape index (κ1) is 30.7. The summed E-state index contributed by atoms with van der Waals surface area (Å²) in [6, 6.07) is 34.4. The Balaban J connectivity index is 1.65. The first-order chi connectivity index (χ1) is 20.7. The standard InChI is InChI=1S/C36H39BrN4OSi/c1-5-28(34-26-40(27-42-21-22-43(2,3)4)35-33(34)23-32(37)24-39-35)25-41(38)36(29-15-9-6-10-16-29,30-17-11-7-12-18-30)31-19-13-8-14-20-31/h5-20,23-26H,1,21-22,27,38H2,2-4H3/b28-25+. The van der Waals surface area contributed by atoms with Crippen molar-refractivity contribution < 1.29 is 4.74 Å². The number of benzene rings is 3. The summed E-state index contributed by atoms with van der Waals surface area (Å²) in [5.74, 6) is 7.24. The van der Waals surface area contributed by atoms with Gasteiger partial charge in [0.1, 0.15) is 17.9 Å². The Morgan fingerprint density at radius 2 is 1.49 bits per heavy atom. The van der Waals surface area contributed by atoms with E-state index < -0.39 is 13.6 Å². The Labute approximate surface area is 264 Å². The van der Waals surface area contributed by atoms with Gasteiger partial charge in [-0.05, 0) is 44.7 Å². The Morgan fingerprint density at radius 3 is 1.98 bits per heavy atom. The topological polar surface area (TPSA) is 56.3 Å². The van der Waals surface area contributed by atoms with E-state index in [-0.39, 0.29) is 0 Å². The van der Waals surface area contributed by atoms with Gasteiger partial charge >= 0.3 is 0 Å². The van der Waals surface area contributed by atoms with Crippen LogP contribution in [0.15, 0.2) is 133 Å². The largest absolute Gasteiger partial charge is 0.361 e. The Bertz CT molecular complexity index is 1600. The van der Waals surface area contributed by atoms with Crippen LogP contribution in [-0.4, -0.2) is 29.2 Å². The molecule has 0 saturated carbocycles. The molecule has 0 spiro atoms. The Hall–Kier alpha value is -3.75. The maximum atomic E-state index is 7.24. The lowest BCUT2D eigenvalue weighted by atomic mass is 9.76. The predicted molar refractivity (Wildman–Crippen MR) is 185 cm³/mol. The summed E-state index contributed by atoms with van der Waals surface area (Å²) in [5.41, 5.74) is 5.05. The maximum absolute atomic E-state index is 7.24. The van der Waals surface area contributed by atoms with Crippen molar-refractivity contribution in [3.05, 3.63) is 155 Å². The summed E-state index contributed by atoms with van der Waals surface area (Å²) >= 11 is 3.63. The Morgan fingerprint density at radius 1 is 0.953 bits per heavy atom. The van der Waals surface area contributed by atoms with Gasteiger partial charge in [-0.3, -0.25) is 5.01 Å². The van der Waals surface area contributed by atoms with Gasteiger partial charge in [0.2, 0.25) is 0 Å². The average Bonchev–Trinajstić information content (AvgIpc) is 3.37. The highest BCUT2D eigenvalue weighted by Gasteiger charge is 2.40. The van der Waals surface area contributed by atoms with E-state index >= 15 is 0 Å². The molecule has 2 N–H and O–H groups in total. The number of nitrogens with zero attached hydrogens (tertiary/aromatic N) is 3. The molecule has 5 aromatic rings. The van der Waals surface area contributed by atoms with Gasteiger partial charge in [-0.1, -0.05) is 123 Å². The molecule has 220 valence electrons. The van der Waals surface area contributed by atoms with Gasteiger partial charge in [0.25, 0.3) is 0 Å². The molecule has 0 fully saturated rings. The number of allylic oxidation sites excluding steroid dienone is 2. The van der Waals surface area contributed by atoms with Gasteiger partial charge in [0, 0.05) is 54.3 Å². The predicted octanol–water partition coefficient (Wildman–Crippen LogP) is 8.81. The van der Waals surface area contributed by atoms with Crippen molar-refractivity contribution in [1.29, 1.82) is 0 Å². The van der Waals surface area contributed by atoms with Crippen molar-refractivity contribution in [1.82, 2.24) is 14.6 Å². The van der Waals surface area contributed by atoms with Gasteiger partial charge in [-0.2, -0.15) is 0 Å². The van der Waals surface area contributed by atoms with Crippen LogP contribution in [0.5, 0.6) is 0 Å². The third-order valence-electron chi connectivity index (χ3n) is 7.68. The van der Waals surface area contributed by atoms with Crippen LogP contribution < -0.4 is 5.84 Å². The average molecular weight is 652 g/mol. The van der Waals surface area contributed by atoms with Crippen molar-refractivity contribution in [2.24, 2.45) is 5.84 Å². The van der Waals surface area contributed by atoms with Crippen molar-refractivity contribution >= 4 is 40.6 Å². The number of aromatic nitrogens is 2. The molecule has 0 unspecified atom stereocenters. The minimum atomic E-state index is -1.19. The molecule has 2 heterocycles. The molecule has 0 aliphatic heterocycles. The quantitative estimate of drug-likeness (QED) is 0.0366. The maximum Gasteiger partial charge on any atom is 0.142 e. The van der Waals surface area contributed by atoms with E-state index in [9.17, 15) is 0 Å². The molecule has 0 aliphatic carbocycles. The summed E-state index contributed by atoms with van der Waals surface area (Å²) in [5, 5.41) is 2.82.